The van der Waals surface area contributed by atoms with E-state index in [1.807, 2.05) is 24.3 Å². The first kappa shape index (κ1) is 18.8. The average Bonchev–Trinajstić information content (AvgIpc) is 2.67. The lowest BCUT2D eigenvalue weighted by atomic mass is 10.1. The highest BCUT2D eigenvalue weighted by Gasteiger charge is 2.09. The van der Waals surface area contributed by atoms with E-state index in [1.54, 1.807) is 12.1 Å². The molecule has 3 rings (SSSR count). The molecule has 5 heteroatoms. The Labute approximate surface area is 163 Å². The summed E-state index contributed by atoms with van der Waals surface area (Å²) in [6.45, 7) is 3.16. The van der Waals surface area contributed by atoms with E-state index >= 15 is 0 Å². The van der Waals surface area contributed by atoms with Gasteiger partial charge in [-0.25, -0.2) is 4.79 Å². The molecule has 0 aromatic heterocycles. The Morgan fingerprint density at radius 3 is 2.33 bits per heavy atom. The smallest absolute Gasteiger partial charge is 0.337 e. The second kappa shape index (κ2) is 8.60. The molecule has 0 bridgehead atoms. The van der Waals surface area contributed by atoms with Gasteiger partial charge in [-0.1, -0.05) is 53.6 Å². The summed E-state index contributed by atoms with van der Waals surface area (Å²) in [7, 11) is 0. The number of carboxylic acid groups (broad SMARTS) is 1. The van der Waals surface area contributed by atoms with Crippen LogP contribution >= 0.6 is 11.6 Å². The first-order chi connectivity index (χ1) is 13.0. The van der Waals surface area contributed by atoms with E-state index in [0.717, 1.165) is 16.9 Å². The quantitative estimate of drug-likeness (QED) is 0.564. The Morgan fingerprint density at radius 1 is 1.00 bits per heavy atom. The van der Waals surface area contributed by atoms with Crippen molar-refractivity contribution in [2.24, 2.45) is 0 Å². The first-order valence-electron chi connectivity index (χ1n) is 8.55. The fourth-order valence-electron chi connectivity index (χ4n) is 2.56. The lowest BCUT2D eigenvalue weighted by Gasteiger charge is -2.10. The van der Waals surface area contributed by atoms with E-state index in [0.29, 0.717) is 18.8 Å². The zero-order valence-electron chi connectivity index (χ0n) is 14.9. The molecule has 0 unspecified atom stereocenters. The van der Waals surface area contributed by atoms with Crippen LogP contribution in [0.4, 0.5) is 5.69 Å². The number of carboxylic acids is 1. The molecule has 0 saturated carbocycles. The predicted molar refractivity (Wildman–Crippen MR) is 108 cm³/mol. The van der Waals surface area contributed by atoms with E-state index in [2.05, 4.69) is 36.5 Å². The Bertz CT molecular complexity index is 921. The number of benzene rings is 3. The van der Waals surface area contributed by atoms with Gasteiger partial charge in [0.25, 0.3) is 0 Å². The summed E-state index contributed by atoms with van der Waals surface area (Å²) in [6.07, 6.45) is 0. The Hall–Kier alpha value is -2.98. The summed E-state index contributed by atoms with van der Waals surface area (Å²) in [5, 5.41) is 12.6. The molecule has 0 radical (unpaired) electrons. The highest BCUT2D eigenvalue weighted by atomic mass is 35.5. The number of carbonyl (C=O) groups is 1. The molecule has 0 heterocycles. The summed E-state index contributed by atoms with van der Waals surface area (Å²) >= 11 is 5.88. The minimum Gasteiger partial charge on any atom is -0.489 e. The van der Waals surface area contributed by atoms with Gasteiger partial charge >= 0.3 is 5.97 Å². The number of aryl methyl sites for hydroxylation is 1. The Balaban J connectivity index is 1.55. The zero-order chi connectivity index (χ0) is 19.2. The van der Waals surface area contributed by atoms with E-state index < -0.39 is 5.97 Å². The van der Waals surface area contributed by atoms with Gasteiger partial charge in [0.15, 0.2) is 0 Å². The summed E-state index contributed by atoms with van der Waals surface area (Å²) in [5.41, 5.74) is 4.21. The van der Waals surface area contributed by atoms with Crippen molar-refractivity contribution in [1.29, 1.82) is 0 Å². The topological polar surface area (TPSA) is 58.6 Å². The van der Waals surface area contributed by atoms with Gasteiger partial charge in [0, 0.05) is 12.2 Å². The summed E-state index contributed by atoms with van der Waals surface area (Å²) in [4.78, 5) is 11.1. The largest absolute Gasteiger partial charge is 0.489 e. The van der Waals surface area contributed by atoms with Crippen molar-refractivity contribution in [3.8, 4) is 5.75 Å². The number of rotatable bonds is 7. The number of halogens is 1. The van der Waals surface area contributed by atoms with Gasteiger partial charge < -0.3 is 15.2 Å². The number of nitrogens with one attached hydrogen (secondary N) is 1. The minimum atomic E-state index is -1.04. The molecule has 3 aromatic carbocycles. The number of anilines is 1. The third kappa shape index (κ3) is 5.25. The molecule has 4 nitrogen and oxygen atoms in total. The van der Waals surface area contributed by atoms with Crippen molar-refractivity contribution in [3.05, 3.63) is 94.0 Å². The van der Waals surface area contributed by atoms with Crippen LogP contribution in [0.2, 0.25) is 5.02 Å². The van der Waals surface area contributed by atoms with Crippen molar-refractivity contribution in [2.75, 3.05) is 5.32 Å². The maximum Gasteiger partial charge on any atom is 0.337 e. The molecule has 0 aliphatic heterocycles. The molecule has 0 amide bonds. The average molecular weight is 382 g/mol. The van der Waals surface area contributed by atoms with Crippen LogP contribution in [0.25, 0.3) is 0 Å². The van der Waals surface area contributed by atoms with Crippen LogP contribution in [-0.2, 0) is 13.2 Å². The van der Waals surface area contributed by atoms with Crippen LogP contribution in [0.15, 0.2) is 66.7 Å². The van der Waals surface area contributed by atoms with Crippen LogP contribution in [-0.4, -0.2) is 11.1 Å². The molecule has 0 atom stereocenters. The van der Waals surface area contributed by atoms with Gasteiger partial charge in [-0.3, -0.25) is 0 Å². The van der Waals surface area contributed by atoms with Crippen LogP contribution in [0, 0.1) is 6.92 Å². The summed E-state index contributed by atoms with van der Waals surface area (Å²) in [6, 6.07) is 20.9. The molecular formula is C22H20ClNO3. The van der Waals surface area contributed by atoms with Crippen LogP contribution in [0.1, 0.15) is 27.0 Å². The summed E-state index contributed by atoms with van der Waals surface area (Å²) in [5.74, 6) is -0.238. The van der Waals surface area contributed by atoms with Gasteiger partial charge in [-0.15, -0.1) is 0 Å². The molecule has 0 aliphatic carbocycles. The standard InChI is InChI=1S/C22H20ClNO3/c1-15-2-4-17(5-3-15)14-27-19-9-6-16(7-10-19)13-24-18-8-11-21(23)20(12-18)22(25)26/h2-12,24H,13-14H2,1H3,(H,25,26). The number of aromatic carboxylic acids is 1. The molecular weight excluding hydrogens is 362 g/mol. The fraction of sp³-hybridized carbons (Fsp3) is 0.136. The van der Waals surface area contributed by atoms with Crippen molar-refractivity contribution >= 4 is 23.3 Å². The zero-order valence-corrected chi connectivity index (χ0v) is 15.7. The fourth-order valence-corrected chi connectivity index (χ4v) is 2.76. The third-order valence-corrected chi connectivity index (χ3v) is 4.47. The summed E-state index contributed by atoms with van der Waals surface area (Å²) < 4.78 is 5.80. The highest BCUT2D eigenvalue weighted by Crippen LogP contribution is 2.21. The molecule has 0 spiro atoms. The molecule has 0 aliphatic rings. The second-order valence-corrected chi connectivity index (χ2v) is 6.68. The molecule has 138 valence electrons. The third-order valence-electron chi connectivity index (χ3n) is 4.14. The molecule has 3 aromatic rings. The van der Waals surface area contributed by atoms with E-state index in [4.69, 9.17) is 21.4 Å². The van der Waals surface area contributed by atoms with Crippen molar-refractivity contribution in [2.45, 2.75) is 20.1 Å². The van der Waals surface area contributed by atoms with Gasteiger partial charge in [-0.05, 0) is 48.4 Å². The van der Waals surface area contributed by atoms with Crippen LogP contribution in [0.5, 0.6) is 5.75 Å². The molecule has 27 heavy (non-hydrogen) atoms. The number of hydrogen-bond donors (Lipinski definition) is 2. The van der Waals surface area contributed by atoms with Gasteiger partial charge in [0.2, 0.25) is 0 Å². The molecule has 0 saturated heterocycles. The van der Waals surface area contributed by atoms with Crippen molar-refractivity contribution in [3.63, 3.8) is 0 Å². The lowest BCUT2D eigenvalue weighted by Crippen LogP contribution is -2.03. The van der Waals surface area contributed by atoms with Crippen LogP contribution in [0.3, 0.4) is 0 Å². The maximum atomic E-state index is 11.1. The number of hydrogen-bond acceptors (Lipinski definition) is 3. The predicted octanol–water partition coefficient (Wildman–Crippen LogP) is 5.54. The molecule has 2 N–H and O–H groups in total. The normalized spacial score (nSPS) is 10.4. The minimum absolute atomic E-state index is 0.0847. The van der Waals surface area contributed by atoms with Gasteiger partial charge in [0.05, 0.1) is 10.6 Å². The SMILES string of the molecule is Cc1ccc(COc2ccc(CNc3ccc(Cl)c(C(=O)O)c3)cc2)cc1. The number of ether oxygens (including phenoxy) is 1. The second-order valence-electron chi connectivity index (χ2n) is 6.27. The lowest BCUT2D eigenvalue weighted by molar-refractivity contribution is 0.0697. The Kier molecular flexibility index (Phi) is 5.99. The monoisotopic (exact) mass is 381 g/mol. The van der Waals surface area contributed by atoms with Crippen molar-refractivity contribution in [1.82, 2.24) is 0 Å². The van der Waals surface area contributed by atoms with Crippen LogP contribution < -0.4 is 10.1 Å². The molecule has 0 fully saturated rings. The first-order valence-corrected chi connectivity index (χ1v) is 8.93. The van der Waals surface area contributed by atoms with E-state index in [1.165, 1.54) is 11.6 Å². The Morgan fingerprint density at radius 2 is 1.67 bits per heavy atom. The highest BCUT2D eigenvalue weighted by molar-refractivity contribution is 6.33. The van der Waals surface area contributed by atoms with E-state index in [-0.39, 0.29) is 10.6 Å². The van der Waals surface area contributed by atoms with E-state index in [9.17, 15) is 4.79 Å². The van der Waals surface area contributed by atoms with Gasteiger partial charge in [-0.2, -0.15) is 0 Å². The van der Waals surface area contributed by atoms with Crippen molar-refractivity contribution < 1.29 is 14.6 Å². The van der Waals surface area contributed by atoms with Gasteiger partial charge in [0.1, 0.15) is 12.4 Å². The maximum absolute atomic E-state index is 11.1.